The number of nitriles is 1. The van der Waals surface area contributed by atoms with E-state index in [4.69, 9.17) is 21.1 Å². The van der Waals surface area contributed by atoms with Gasteiger partial charge in [-0.1, -0.05) is 48.0 Å². The Balaban J connectivity index is 2.05. The first-order valence-corrected chi connectivity index (χ1v) is 9.24. The molecule has 4 heteroatoms. The van der Waals surface area contributed by atoms with Gasteiger partial charge >= 0.3 is 0 Å². The Labute approximate surface area is 164 Å². The van der Waals surface area contributed by atoms with Crippen LogP contribution >= 0.6 is 11.6 Å². The molecule has 0 aliphatic carbocycles. The number of hydrogen-bond donors (Lipinski definition) is 0. The van der Waals surface area contributed by atoms with Crippen molar-refractivity contribution in [2.24, 2.45) is 0 Å². The number of rotatable bonds is 6. The highest BCUT2D eigenvalue weighted by molar-refractivity contribution is 6.32. The molecule has 0 fully saturated rings. The van der Waals surface area contributed by atoms with E-state index in [0.717, 1.165) is 21.9 Å². The van der Waals surface area contributed by atoms with Crippen molar-refractivity contribution in [2.45, 2.75) is 13.8 Å². The lowest BCUT2D eigenvalue weighted by Gasteiger charge is -2.13. The fourth-order valence-corrected chi connectivity index (χ4v) is 3.20. The van der Waals surface area contributed by atoms with Gasteiger partial charge in [0, 0.05) is 0 Å². The summed E-state index contributed by atoms with van der Waals surface area (Å²) in [6, 6.07) is 20.0. The Hall–Kier alpha value is -2.96. The molecule has 0 aliphatic heterocycles. The van der Waals surface area contributed by atoms with Crippen molar-refractivity contribution in [3.8, 4) is 17.6 Å². The molecule has 3 rings (SSSR count). The van der Waals surface area contributed by atoms with Crippen molar-refractivity contribution < 1.29 is 9.47 Å². The van der Waals surface area contributed by atoms with Gasteiger partial charge in [-0.3, -0.25) is 0 Å². The first-order valence-electron chi connectivity index (χ1n) is 8.86. The van der Waals surface area contributed by atoms with E-state index in [1.807, 2.05) is 62.4 Å². The molecule has 0 unspecified atom stereocenters. The lowest BCUT2D eigenvalue weighted by Crippen LogP contribution is -1.99. The van der Waals surface area contributed by atoms with Crippen LogP contribution in [0.2, 0.25) is 5.02 Å². The Bertz CT molecular complexity index is 1030. The van der Waals surface area contributed by atoms with Crippen LogP contribution in [0.4, 0.5) is 0 Å². The third kappa shape index (κ3) is 4.24. The largest absolute Gasteiger partial charge is 0.490 e. The second-order valence-corrected chi connectivity index (χ2v) is 6.33. The second kappa shape index (κ2) is 8.62. The molecular weight excluding hydrogens is 358 g/mol. The molecule has 0 radical (unpaired) electrons. The number of halogens is 1. The smallest absolute Gasteiger partial charge is 0.179 e. The van der Waals surface area contributed by atoms with Crippen molar-refractivity contribution >= 4 is 34.0 Å². The molecule has 3 nitrogen and oxygen atoms in total. The van der Waals surface area contributed by atoms with Gasteiger partial charge in [0.2, 0.25) is 0 Å². The summed E-state index contributed by atoms with van der Waals surface area (Å²) in [6.07, 6.45) is 1.81. The summed E-state index contributed by atoms with van der Waals surface area (Å²) in [5.41, 5.74) is 2.21. The topological polar surface area (TPSA) is 42.2 Å². The zero-order chi connectivity index (χ0) is 19.2. The van der Waals surface area contributed by atoms with Crippen molar-refractivity contribution in [1.29, 1.82) is 5.26 Å². The molecule has 27 heavy (non-hydrogen) atoms. The van der Waals surface area contributed by atoms with Gasteiger partial charge in [0.05, 0.1) is 29.9 Å². The van der Waals surface area contributed by atoms with Gasteiger partial charge in [0.1, 0.15) is 0 Å². The van der Waals surface area contributed by atoms with E-state index in [0.29, 0.717) is 35.3 Å². The van der Waals surface area contributed by atoms with Crippen LogP contribution in [-0.2, 0) is 0 Å². The predicted octanol–water partition coefficient (Wildman–Crippen LogP) is 6.35. The highest BCUT2D eigenvalue weighted by Gasteiger charge is 2.12. The summed E-state index contributed by atoms with van der Waals surface area (Å²) in [7, 11) is 0. The molecule has 3 aromatic rings. The SMILES string of the molecule is CCOc1cc(/C=C(/C#N)c2ccc3ccccc3c2)cc(Cl)c1OCC. The van der Waals surface area contributed by atoms with Gasteiger partial charge in [0.25, 0.3) is 0 Å². The normalized spacial score (nSPS) is 11.3. The van der Waals surface area contributed by atoms with Gasteiger partial charge in [0.15, 0.2) is 11.5 Å². The first kappa shape index (κ1) is 18.8. The summed E-state index contributed by atoms with van der Waals surface area (Å²) in [6.45, 7) is 4.80. The number of fused-ring (bicyclic) bond motifs is 1. The molecule has 3 aromatic carbocycles. The lowest BCUT2D eigenvalue weighted by molar-refractivity contribution is 0.288. The molecule has 136 valence electrons. The minimum absolute atomic E-state index is 0.463. The minimum Gasteiger partial charge on any atom is -0.490 e. The molecule has 0 bridgehead atoms. The van der Waals surface area contributed by atoms with E-state index < -0.39 is 0 Å². The van der Waals surface area contributed by atoms with Gasteiger partial charge in [-0.2, -0.15) is 5.26 Å². The van der Waals surface area contributed by atoms with Crippen LogP contribution in [0.5, 0.6) is 11.5 Å². The molecule has 0 N–H and O–H groups in total. The third-order valence-corrected chi connectivity index (χ3v) is 4.39. The predicted molar refractivity (Wildman–Crippen MR) is 111 cm³/mol. The maximum absolute atomic E-state index is 9.69. The zero-order valence-corrected chi connectivity index (χ0v) is 16.1. The first-order chi connectivity index (χ1) is 13.2. The minimum atomic E-state index is 0.463. The van der Waals surface area contributed by atoms with Crippen molar-refractivity contribution in [3.05, 3.63) is 70.7 Å². The van der Waals surface area contributed by atoms with Crippen LogP contribution in [0.1, 0.15) is 25.0 Å². The van der Waals surface area contributed by atoms with Crippen molar-refractivity contribution in [2.75, 3.05) is 13.2 Å². The number of allylic oxidation sites excluding steroid dienone is 1. The van der Waals surface area contributed by atoms with Gasteiger partial charge in [-0.15, -0.1) is 0 Å². The molecule has 0 atom stereocenters. The zero-order valence-electron chi connectivity index (χ0n) is 15.3. The van der Waals surface area contributed by atoms with Crippen LogP contribution in [0, 0.1) is 11.3 Å². The molecule has 0 amide bonds. The summed E-state index contributed by atoms with van der Waals surface area (Å²) >= 11 is 6.38. The number of benzene rings is 3. The summed E-state index contributed by atoms with van der Waals surface area (Å²) in [4.78, 5) is 0. The fraction of sp³-hybridized carbons (Fsp3) is 0.174. The van der Waals surface area contributed by atoms with Crippen LogP contribution in [0.15, 0.2) is 54.6 Å². The second-order valence-electron chi connectivity index (χ2n) is 5.93. The van der Waals surface area contributed by atoms with Gasteiger partial charge < -0.3 is 9.47 Å². The fourth-order valence-electron chi connectivity index (χ4n) is 2.92. The van der Waals surface area contributed by atoms with Crippen molar-refractivity contribution in [1.82, 2.24) is 0 Å². The standard InChI is InChI=1S/C23H20ClNO2/c1-3-26-22-13-16(12-21(24)23(22)27-4-2)11-20(15-25)19-10-9-17-7-5-6-8-18(17)14-19/h5-14H,3-4H2,1-2H3/b20-11-. The average Bonchev–Trinajstić information content (AvgIpc) is 2.68. The van der Waals surface area contributed by atoms with Gasteiger partial charge in [-0.25, -0.2) is 0 Å². The number of ether oxygens (including phenoxy) is 2. The highest BCUT2D eigenvalue weighted by atomic mass is 35.5. The molecule has 0 aromatic heterocycles. The van der Waals surface area contributed by atoms with Crippen LogP contribution in [0.3, 0.4) is 0 Å². The molecule has 0 saturated carbocycles. The molecule has 0 heterocycles. The monoisotopic (exact) mass is 377 g/mol. The van der Waals surface area contributed by atoms with E-state index >= 15 is 0 Å². The van der Waals surface area contributed by atoms with Crippen LogP contribution in [-0.4, -0.2) is 13.2 Å². The maximum Gasteiger partial charge on any atom is 0.179 e. The van der Waals surface area contributed by atoms with E-state index in [2.05, 4.69) is 12.1 Å². The Morgan fingerprint density at radius 1 is 1.00 bits per heavy atom. The summed E-state index contributed by atoms with van der Waals surface area (Å²) in [5, 5.41) is 12.4. The number of hydrogen-bond acceptors (Lipinski definition) is 3. The summed E-state index contributed by atoms with van der Waals surface area (Å²) in [5.74, 6) is 1.11. The maximum atomic E-state index is 9.69. The summed E-state index contributed by atoms with van der Waals surface area (Å²) < 4.78 is 11.3. The third-order valence-electron chi connectivity index (χ3n) is 4.11. The lowest BCUT2D eigenvalue weighted by atomic mass is 10.00. The van der Waals surface area contributed by atoms with E-state index in [1.165, 1.54) is 0 Å². The Kier molecular flexibility index (Phi) is 6.01. The highest BCUT2D eigenvalue weighted by Crippen LogP contribution is 2.37. The van der Waals surface area contributed by atoms with Crippen LogP contribution in [0.25, 0.3) is 22.4 Å². The molecule has 0 saturated heterocycles. The van der Waals surface area contributed by atoms with E-state index in [-0.39, 0.29) is 0 Å². The number of nitrogens with zero attached hydrogens (tertiary/aromatic N) is 1. The Morgan fingerprint density at radius 2 is 1.74 bits per heavy atom. The molecule has 0 spiro atoms. The molecular formula is C23H20ClNO2. The van der Waals surface area contributed by atoms with Gasteiger partial charge in [-0.05, 0) is 60.0 Å². The Morgan fingerprint density at radius 3 is 2.44 bits per heavy atom. The van der Waals surface area contributed by atoms with Crippen molar-refractivity contribution in [3.63, 3.8) is 0 Å². The quantitative estimate of drug-likeness (QED) is 0.371. The average molecular weight is 378 g/mol. The van der Waals surface area contributed by atoms with E-state index in [9.17, 15) is 5.26 Å². The van der Waals surface area contributed by atoms with E-state index in [1.54, 1.807) is 6.07 Å². The van der Waals surface area contributed by atoms with Crippen LogP contribution < -0.4 is 9.47 Å². The molecule has 0 aliphatic rings.